The molecular formula is C18H21N4O+. The predicted octanol–water partition coefficient (Wildman–Crippen LogP) is 3.59. The summed E-state index contributed by atoms with van der Waals surface area (Å²) in [5.41, 5.74) is 3.25. The lowest BCUT2D eigenvalue weighted by molar-refractivity contribution is -0.706. The molecule has 118 valence electrons. The fourth-order valence-corrected chi connectivity index (χ4v) is 3.02. The van der Waals surface area contributed by atoms with E-state index in [-0.39, 0.29) is 10.5 Å². The Kier molecular flexibility index (Phi) is 4.21. The number of hydrogen-bond acceptors (Lipinski definition) is 3. The van der Waals surface area contributed by atoms with Gasteiger partial charge in [-0.2, -0.15) is 4.48 Å². The average Bonchev–Trinajstić information content (AvgIpc) is 3.24. The van der Waals surface area contributed by atoms with Crippen molar-refractivity contribution in [1.82, 2.24) is 9.55 Å². The van der Waals surface area contributed by atoms with Gasteiger partial charge in [-0.25, -0.2) is 19.3 Å². The Morgan fingerprint density at radius 1 is 1.22 bits per heavy atom. The maximum atomic E-state index is 13.1. The van der Waals surface area contributed by atoms with Crippen molar-refractivity contribution in [1.29, 1.82) is 0 Å². The smallest absolute Gasteiger partial charge is 0.245 e. The van der Waals surface area contributed by atoms with Crippen LogP contribution in [0.3, 0.4) is 0 Å². The lowest BCUT2D eigenvalue weighted by Gasteiger charge is -2.28. The summed E-state index contributed by atoms with van der Waals surface area (Å²) in [5, 5.41) is 0. The standard InChI is InChI=1S/C18H21N4O/c1-3-16-17(12-15-8-6-5-7-9-15)22(4-2,14-20-16)18(23)21-11-10-19-13-21/h5-11,13-14H,3-4,12H2,1-2H3/q+1. The lowest BCUT2D eigenvalue weighted by atomic mass is 10.1. The summed E-state index contributed by atoms with van der Waals surface area (Å²) in [6.45, 7) is 4.73. The first-order valence-corrected chi connectivity index (χ1v) is 7.93. The van der Waals surface area contributed by atoms with Gasteiger partial charge in [0, 0.05) is 12.4 Å². The van der Waals surface area contributed by atoms with Gasteiger partial charge in [-0.3, -0.25) is 0 Å². The number of imidazole rings is 1. The third-order valence-corrected chi connectivity index (χ3v) is 4.34. The van der Waals surface area contributed by atoms with Gasteiger partial charge in [-0.05, 0) is 18.9 Å². The Morgan fingerprint density at radius 2 is 2.00 bits per heavy atom. The highest BCUT2D eigenvalue weighted by Crippen LogP contribution is 2.31. The molecule has 0 aliphatic carbocycles. The molecule has 0 spiro atoms. The van der Waals surface area contributed by atoms with Gasteiger partial charge in [0.05, 0.1) is 13.0 Å². The van der Waals surface area contributed by atoms with Crippen LogP contribution in [0.25, 0.3) is 0 Å². The first-order valence-electron chi connectivity index (χ1n) is 7.93. The summed E-state index contributed by atoms with van der Waals surface area (Å²) >= 11 is 0. The Labute approximate surface area is 136 Å². The van der Waals surface area contributed by atoms with Crippen LogP contribution in [0.4, 0.5) is 4.79 Å². The number of carbonyl (C=O) groups excluding carboxylic acids is 1. The third-order valence-electron chi connectivity index (χ3n) is 4.34. The van der Waals surface area contributed by atoms with Crippen LogP contribution in [-0.4, -0.2) is 32.9 Å². The molecular weight excluding hydrogens is 288 g/mol. The van der Waals surface area contributed by atoms with Gasteiger partial charge < -0.3 is 0 Å². The molecule has 1 unspecified atom stereocenters. The van der Waals surface area contributed by atoms with Crippen LogP contribution in [0.15, 0.2) is 65.4 Å². The molecule has 5 heteroatoms. The van der Waals surface area contributed by atoms with E-state index >= 15 is 0 Å². The number of rotatable bonds is 4. The summed E-state index contributed by atoms with van der Waals surface area (Å²) in [7, 11) is 0. The number of aliphatic imine (C=N–C) groups is 1. The van der Waals surface area contributed by atoms with Gasteiger partial charge >= 0.3 is 6.03 Å². The van der Waals surface area contributed by atoms with E-state index in [9.17, 15) is 4.79 Å². The maximum absolute atomic E-state index is 13.1. The number of allylic oxidation sites excluding steroid dienone is 2. The first-order chi connectivity index (χ1) is 11.2. The largest absolute Gasteiger partial charge is 0.439 e. The molecule has 1 aliphatic heterocycles. The molecule has 1 atom stereocenters. The van der Waals surface area contributed by atoms with Crippen LogP contribution in [0.5, 0.6) is 0 Å². The van der Waals surface area contributed by atoms with Gasteiger partial charge in [0.15, 0.2) is 5.70 Å². The molecule has 0 saturated heterocycles. The summed E-state index contributed by atoms with van der Waals surface area (Å²) in [6, 6.07) is 10.2. The van der Waals surface area contributed by atoms with Crippen LogP contribution < -0.4 is 0 Å². The van der Waals surface area contributed by atoms with E-state index in [2.05, 4.69) is 29.0 Å². The van der Waals surface area contributed by atoms with Crippen LogP contribution >= 0.6 is 0 Å². The second-order valence-corrected chi connectivity index (χ2v) is 5.59. The molecule has 2 heterocycles. The Morgan fingerprint density at radius 3 is 2.61 bits per heavy atom. The van der Waals surface area contributed by atoms with Gasteiger partial charge in [0.25, 0.3) is 0 Å². The Balaban J connectivity index is 2.03. The van der Waals surface area contributed by atoms with Crippen molar-refractivity contribution >= 4 is 12.4 Å². The summed E-state index contributed by atoms with van der Waals surface area (Å²) in [5.74, 6) is 0. The van der Waals surface area contributed by atoms with Crippen molar-refractivity contribution in [3.05, 3.63) is 66.0 Å². The van der Waals surface area contributed by atoms with Crippen LogP contribution in [0.2, 0.25) is 0 Å². The summed E-state index contributed by atoms with van der Waals surface area (Å²) in [4.78, 5) is 21.7. The number of amides is 1. The lowest BCUT2D eigenvalue weighted by Crippen LogP contribution is -2.51. The molecule has 1 amide bonds. The molecule has 1 aliphatic rings. The molecule has 0 fully saturated rings. The van der Waals surface area contributed by atoms with E-state index in [1.54, 1.807) is 29.6 Å². The highest BCUT2D eigenvalue weighted by molar-refractivity contribution is 5.81. The van der Waals surface area contributed by atoms with E-state index < -0.39 is 0 Å². The number of nitrogens with zero attached hydrogens (tertiary/aromatic N) is 4. The second-order valence-electron chi connectivity index (χ2n) is 5.59. The van der Waals surface area contributed by atoms with Gasteiger partial charge in [0.2, 0.25) is 6.34 Å². The molecule has 0 N–H and O–H groups in total. The minimum atomic E-state index is -0.0388. The van der Waals surface area contributed by atoms with Gasteiger partial charge in [0.1, 0.15) is 12.0 Å². The number of hydrogen-bond donors (Lipinski definition) is 0. The zero-order chi connectivity index (χ0) is 16.3. The van der Waals surface area contributed by atoms with Crippen LogP contribution in [-0.2, 0) is 6.42 Å². The number of aromatic nitrogens is 2. The van der Waals surface area contributed by atoms with Gasteiger partial charge in [-0.1, -0.05) is 37.3 Å². The summed E-state index contributed by atoms with van der Waals surface area (Å²) in [6.07, 6.45) is 8.18. The van der Waals surface area contributed by atoms with Crippen LogP contribution in [0, 0.1) is 0 Å². The molecule has 5 nitrogen and oxygen atoms in total. The van der Waals surface area contributed by atoms with E-state index in [4.69, 9.17) is 0 Å². The second kappa shape index (κ2) is 6.30. The topological polar surface area (TPSA) is 47.2 Å². The number of quaternary nitrogens is 1. The third kappa shape index (κ3) is 2.64. The zero-order valence-electron chi connectivity index (χ0n) is 13.5. The Bertz CT molecular complexity index is 747. The van der Waals surface area contributed by atoms with Crippen molar-refractivity contribution in [2.75, 3.05) is 6.54 Å². The maximum Gasteiger partial charge on any atom is 0.439 e. The Hall–Kier alpha value is -2.53. The van der Waals surface area contributed by atoms with E-state index in [0.717, 1.165) is 24.2 Å². The minimum Gasteiger partial charge on any atom is -0.245 e. The van der Waals surface area contributed by atoms with Crippen molar-refractivity contribution in [3.63, 3.8) is 0 Å². The summed E-state index contributed by atoms with van der Waals surface area (Å²) < 4.78 is 1.67. The van der Waals surface area contributed by atoms with E-state index in [1.807, 2.05) is 25.1 Å². The molecule has 1 aromatic heterocycles. The average molecular weight is 309 g/mol. The quantitative estimate of drug-likeness (QED) is 0.810. The fraction of sp³-hybridized carbons (Fsp3) is 0.278. The molecule has 0 saturated carbocycles. The highest BCUT2D eigenvalue weighted by atomic mass is 16.2. The van der Waals surface area contributed by atoms with Crippen molar-refractivity contribution in [3.8, 4) is 0 Å². The number of carbonyl (C=O) groups is 1. The predicted molar refractivity (Wildman–Crippen MR) is 89.8 cm³/mol. The molecule has 3 rings (SSSR count). The van der Waals surface area contributed by atoms with Crippen LogP contribution in [0.1, 0.15) is 25.8 Å². The van der Waals surface area contributed by atoms with E-state index in [0.29, 0.717) is 6.54 Å². The monoisotopic (exact) mass is 309 g/mol. The van der Waals surface area contributed by atoms with Crippen molar-refractivity contribution in [2.24, 2.45) is 4.99 Å². The molecule has 2 aromatic rings. The molecule has 0 bridgehead atoms. The SMILES string of the molecule is CCC1=C(Cc2ccccc2)[N+](CC)(C(=O)n2ccnc2)C=N1. The minimum absolute atomic E-state index is 0.0388. The molecule has 0 radical (unpaired) electrons. The number of likely N-dealkylation sites (N-methyl/N-ethyl adjacent to an activating group) is 1. The normalized spacial score (nSPS) is 20.3. The fourth-order valence-electron chi connectivity index (χ4n) is 3.02. The van der Waals surface area contributed by atoms with E-state index in [1.165, 1.54) is 5.56 Å². The van der Waals surface area contributed by atoms with Crippen molar-refractivity contribution in [2.45, 2.75) is 26.7 Å². The van der Waals surface area contributed by atoms with Gasteiger partial charge in [-0.15, -0.1) is 0 Å². The molecule has 23 heavy (non-hydrogen) atoms. The highest BCUT2D eigenvalue weighted by Gasteiger charge is 2.44. The molecule has 1 aromatic carbocycles. The van der Waals surface area contributed by atoms with Crippen molar-refractivity contribution < 1.29 is 9.28 Å². The number of benzene rings is 1. The zero-order valence-corrected chi connectivity index (χ0v) is 13.5. The first kappa shape index (κ1) is 15.4.